The van der Waals surface area contributed by atoms with Crippen molar-refractivity contribution in [2.24, 2.45) is 5.73 Å². The van der Waals surface area contributed by atoms with Gasteiger partial charge in [-0.2, -0.15) is 0 Å². The quantitative estimate of drug-likeness (QED) is 0.636. The number of amides is 1. The Morgan fingerprint density at radius 1 is 1.15 bits per heavy atom. The third kappa shape index (κ3) is 4.20. The number of carbonyl (C=O) groups excluding carboxylic acids is 1. The van der Waals surface area contributed by atoms with Crippen molar-refractivity contribution in [3.8, 4) is 5.75 Å². The van der Waals surface area contributed by atoms with Crippen LogP contribution in [0.25, 0.3) is 0 Å². The number of para-hydroxylation sites is 1. The summed E-state index contributed by atoms with van der Waals surface area (Å²) in [6.07, 6.45) is -0.655. The van der Waals surface area contributed by atoms with Crippen molar-refractivity contribution in [2.45, 2.75) is 23.5 Å². The number of aromatic nitrogens is 2. The molecule has 6 nitrogen and oxygen atoms in total. The van der Waals surface area contributed by atoms with Crippen LogP contribution in [0.1, 0.15) is 29.7 Å². The molecule has 0 aliphatic rings. The molecular weight excluding hydrogens is 357 g/mol. The lowest BCUT2D eigenvalue weighted by molar-refractivity contribution is -0.117. The maximum atomic E-state index is 13.7. The highest BCUT2D eigenvalue weighted by Gasteiger charge is 2.24. The van der Waals surface area contributed by atoms with E-state index in [1.165, 1.54) is 12.1 Å². The van der Waals surface area contributed by atoms with Crippen molar-refractivity contribution in [3.05, 3.63) is 71.9 Å². The number of rotatable bonds is 7. The minimum atomic E-state index is -0.660. The van der Waals surface area contributed by atoms with Gasteiger partial charge in [0.05, 0.1) is 0 Å². The van der Waals surface area contributed by atoms with Gasteiger partial charge in [0, 0.05) is 0 Å². The Balaban J connectivity index is 1.72. The summed E-state index contributed by atoms with van der Waals surface area (Å²) in [4.78, 5) is 11.8. The number of ether oxygens (including phenoxy) is 1. The first-order chi connectivity index (χ1) is 12.5. The van der Waals surface area contributed by atoms with Gasteiger partial charge in [-0.15, -0.1) is 10.2 Å². The molecule has 0 fully saturated rings. The van der Waals surface area contributed by atoms with Crippen LogP contribution in [-0.2, 0) is 4.79 Å². The van der Waals surface area contributed by atoms with Gasteiger partial charge in [-0.1, -0.05) is 42.5 Å². The molecular formula is C18H16FN3O3S. The molecule has 0 aliphatic carbocycles. The van der Waals surface area contributed by atoms with Crippen LogP contribution in [0.15, 0.2) is 64.2 Å². The van der Waals surface area contributed by atoms with Crippen molar-refractivity contribution in [1.82, 2.24) is 10.2 Å². The van der Waals surface area contributed by atoms with Crippen molar-refractivity contribution in [1.29, 1.82) is 0 Å². The number of nitrogens with zero attached hydrogens (tertiary/aromatic N) is 2. The number of thioether (sulfide) groups is 1. The molecule has 1 amide bonds. The number of halogens is 1. The van der Waals surface area contributed by atoms with Gasteiger partial charge in [0.15, 0.2) is 17.7 Å². The Morgan fingerprint density at radius 3 is 2.54 bits per heavy atom. The van der Waals surface area contributed by atoms with Crippen LogP contribution in [-0.4, -0.2) is 16.1 Å². The van der Waals surface area contributed by atoms with Crippen LogP contribution in [0.4, 0.5) is 4.39 Å². The molecule has 0 unspecified atom stereocenters. The summed E-state index contributed by atoms with van der Waals surface area (Å²) in [5.74, 6) is -0.735. The molecule has 1 heterocycles. The topological polar surface area (TPSA) is 91.2 Å². The average Bonchev–Trinajstić information content (AvgIpc) is 3.11. The Labute approximate surface area is 153 Å². The summed E-state index contributed by atoms with van der Waals surface area (Å²) in [5.41, 5.74) is 6.22. The SMILES string of the molecule is C[C@@H](Oc1ccccc1F)c1nnc(S[C@@H](C(N)=O)c2ccccc2)o1. The largest absolute Gasteiger partial charge is 0.478 e. The van der Waals surface area contributed by atoms with Gasteiger partial charge in [-0.3, -0.25) is 4.79 Å². The fourth-order valence-corrected chi connectivity index (χ4v) is 3.06. The highest BCUT2D eigenvalue weighted by Crippen LogP contribution is 2.35. The minimum absolute atomic E-state index is 0.0895. The zero-order valence-electron chi connectivity index (χ0n) is 13.8. The Bertz CT molecular complexity index is 888. The lowest BCUT2D eigenvalue weighted by Crippen LogP contribution is -2.18. The molecule has 8 heteroatoms. The lowest BCUT2D eigenvalue weighted by atomic mass is 10.1. The fourth-order valence-electron chi connectivity index (χ4n) is 2.23. The number of carbonyl (C=O) groups is 1. The Hall–Kier alpha value is -2.87. The fraction of sp³-hybridized carbons (Fsp3) is 0.167. The molecule has 26 heavy (non-hydrogen) atoms. The van der Waals surface area contributed by atoms with E-state index in [9.17, 15) is 9.18 Å². The van der Waals surface area contributed by atoms with Gasteiger partial charge >= 0.3 is 0 Å². The van der Waals surface area contributed by atoms with Gasteiger partial charge in [0.25, 0.3) is 11.1 Å². The van der Waals surface area contributed by atoms with Crippen molar-refractivity contribution in [2.75, 3.05) is 0 Å². The zero-order valence-corrected chi connectivity index (χ0v) is 14.7. The molecule has 3 rings (SSSR count). The van der Waals surface area contributed by atoms with Crippen LogP contribution in [0, 0.1) is 5.82 Å². The van der Waals surface area contributed by atoms with Crippen LogP contribution < -0.4 is 10.5 Å². The number of hydrogen-bond donors (Lipinski definition) is 1. The zero-order chi connectivity index (χ0) is 18.5. The summed E-state index contributed by atoms with van der Waals surface area (Å²) in [6, 6.07) is 15.1. The smallest absolute Gasteiger partial charge is 0.277 e. The van der Waals surface area contributed by atoms with E-state index in [0.717, 1.165) is 17.3 Å². The third-order valence-corrected chi connectivity index (χ3v) is 4.60. The summed E-state index contributed by atoms with van der Waals surface area (Å²) in [6.45, 7) is 1.66. The monoisotopic (exact) mass is 373 g/mol. The van der Waals surface area contributed by atoms with Gasteiger partial charge in [0.1, 0.15) is 5.25 Å². The molecule has 134 valence electrons. The van der Waals surface area contributed by atoms with Crippen molar-refractivity contribution >= 4 is 17.7 Å². The summed E-state index contributed by atoms with van der Waals surface area (Å²) in [5, 5.41) is 7.34. The Kier molecular flexibility index (Phi) is 5.52. The predicted molar refractivity (Wildman–Crippen MR) is 94.0 cm³/mol. The molecule has 0 spiro atoms. The summed E-state index contributed by atoms with van der Waals surface area (Å²) >= 11 is 1.05. The molecule has 0 bridgehead atoms. The van der Waals surface area contributed by atoms with Crippen molar-refractivity contribution < 1.29 is 18.3 Å². The second-order valence-corrected chi connectivity index (χ2v) is 6.46. The molecule has 0 saturated carbocycles. The maximum Gasteiger partial charge on any atom is 0.277 e. The molecule has 2 N–H and O–H groups in total. The second-order valence-electron chi connectivity index (χ2n) is 5.41. The number of benzene rings is 2. The van der Waals surface area contributed by atoms with E-state index in [1.54, 1.807) is 31.2 Å². The first-order valence-corrected chi connectivity index (χ1v) is 8.68. The lowest BCUT2D eigenvalue weighted by Gasteiger charge is -2.12. The molecule has 0 radical (unpaired) electrons. The van der Waals surface area contributed by atoms with Gasteiger partial charge < -0.3 is 14.9 Å². The molecule has 0 saturated heterocycles. The standard InChI is InChI=1S/C18H16FN3O3S/c1-11(24-14-10-6-5-9-13(14)19)17-21-22-18(25-17)26-15(16(20)23)12-7-3-2-4-8-12/h2-11,15H,1H3,(H2,20,23)/t11-,15-/m1/s1. The number of primary amides is 1. The number of hydrogen-bond acceptors (Lipinski definition) is 6. The van der Waals surface area contributed by atoms with Crippen LogP contribution in [0.2, 0.25) is 0 Å². The molecule has 2 atom stereocenters. The van der Waals surface area contributed by atoms with E-state index in [2.05, 4.69) is 10.2 Å². The van der Waals surface area contributed by atoms with Crippen LogP contribution in [0.3, 0.4) is 0 Å². The molecule has 3 aromatic rings. The van der Waals surface area contributed by atoms with Crippen LogP contribution >= 0.6 is 11.8 Å². The highest BCUT2D eigenvalue weighted by molar-refractivity contribution is 8.00. The molecule has 1 aromatic heterocycles. The van der Waals surface area contributed by atoms with E-state index >= 15 is 0 Å². The summed E-state index contributed by atoms with van der Waals surface area (Å²) < 4.78 is 24.7. The van der Waals surface area contributed by atoms with Crippen molar-refractivity contribution in [3.63, 3.8) is 0 Å². The van der Waals surface area contributed by atoms with E-state index in [0.29, 0.717) is 0 Å². The Morgan fingerprint density at radius 2 is 1.85 bits per heavy atom. The van der Waals surface area contributed by atoms with E-state index in [-0.39, 0.29) is 16.9 Å². The second kappa shape index (κ2) is 8.01. The first-order valence-electron chi connectivity index (χ1n) is 7.80. The molecule has 2 aromatic carbocycles. The minimum Gasteiger partial charge on any atom is -0.478 e. The molecule has 0 aliphatic heterocycles. The summed E-state index contributed by atoms with van der Waals surface area (Å²) in [7, 11) is 0. The number of nitrogens with two attached hydrogens (primary N) is 1. The first kappa shape index (κ1) is 17.9. The van der Waals surface area contributed by atoms with Crippen LogP contribution in [0.5, 0.6) is 5.75 Å². The average molecular weight is 373 g/mol. The maximum absolute atomic E-state index is 13.7. The van der Waals surface area contributed by atoms with E-state index in [4.69, 9.17) is 14.9 Å². The van der Waals surface area contributed by atoms with E-state index < -0.39 is 23.1 Å². The van der Waals surface area contributed by atoms with Gasteiger partial charge in [0.2, 0.25) is 5.91 Å². The predicted octanol–water partition coefficient (Wildman–Crippen LogP) is 3.67. The van der Waals surface area contributed by atoms with Gasteiger partial charge in [-0.05, 0) is 36.4 Å². The van der Waals surface area contributed by atoms with Gasteiger partial charge in [-0.25, -0.2) is 4.39 Å². The third-order valence-electron chi connectivity index (χ3n) is 3.49. The van der Waals surface area contributed by atoms with E-state index in [1.807, 2.05) is 18.2 Å². The normalized spacial score (nSPS) is 13.2. The highest BCUT2D eigenvalue weighted by atomic mass is 32.2.